The number of rotatable bonds is 6. The lowest BCUT2D eigenvalue weighted by atomic mass is 9.87. The van der Waals surface area contributed by atoms with Crippen LogP contribution in [0, 0.1) is 13.8 Å². The highest BCUT2D eigenvalue weighted by Crippen LogP contribution is 2.40. The molecule has 0 aromatic heterocycles. The van der Waals surface area contributed by atoms with Crippen molar-refractivity contribution in [2.24, 2.45) is 0 Å². The Bertz CT molecular complexity index is 2070. The lowest BCUT2D eigenvalue weighted by Crippen LogP contribution is -1.97. The number of aromatic carboxylic acids is 1. The van der Waals surface area contributed by atoms with E-state index in [2.05, 4.69) is 61.5 Å². The second kappa shape index (κ2) is 10.8. The van der Waals surface area contributed by atoms with Gasteiger partial charge in [0.25, 0.3) is 0 Å². The quantitative estimate of drug-likeness (QED) is 0.203. The first-order valence-electron chi connectivity index (χ1n) is 13.7. The Morgan fingerprint density at radius 2 is 1.31 bits per heavy atom. The SMILES string of the molecule is Cc1ccc(C(=O)O)cc1-c1ccc2ccc(-c3cc(C)c(-c4cccc(/C=C/C(=O)O)c4)c4ccccc34)cc2c1. The van der Waals surface area contributed by atoms with Gasteiger partial charge in [-0.3, -0.25) is 0 Å². The van der Waals surface area contributed by atoms with E-state index in [0.29, 0.717) is 0 Å². The van der Waals surface area contributed by atoms with E-state index in [1.165, 1.54) is 0 Å². The molecule has 6 rings (SSSR count). The van der Waals surface area contributed by atoms with Crippen molar-refractivity contribution in [3.05, 3.63) is 138 Å². The first-order chi connectivity index (χ1) is 20.3. The van der Waals surface area contributed by atoms with Gasteiger partial charge >= 0.3 is 11.9 Å². The van der Waals surface area contributed by atoms with Crippen LogP contribution in [0.2, 0.25) is 0 Å². The van der Waals surface area contributed by atoms with E-state index in [-0.39, 0.29) is 5.56 Å². The highest BCUT2D eigenvalue weighted by atomic mass is 16.4. The summed E-state index contributed by atoms with van der Waals surface area (Å²) in [6.07, 6.45) is 2.77. The number of hydrogen-bond acceptors (Lipinski definition) is 2. The van der Waals surface area contributed by atoms with Crippen LogP contribution in [-0.2, 0) is 4.79 Å². The number of carboxylic acids is 2. The number of carbonyl (C=O) groups is 2. The molecule has 0 heterocycles. The highest BCUT2D eigenvalue weighted by Gasteiger charge is 2.14. The predicted octanol–water partition coefficient (Wildman–Crippen LogP) is 9.41. The van der Waals surface area contributed by atoms with Crippen LogP contribution in [0.5, 0.6) is 0 Å². The van der Waals surface area contributed by atoms with Gasteiger partial charge in [-0.2, -0.15) is 0 Å². The molecule has 0 amide bonds. The summed E-state index contributed by atoms with van der Waals surface area (Å²) in [6, 6.07) is 36.5. The standard InChI is InChI=1S/C38H28O4/c1-23-10-12-30(38(41)42)22-34(23)27-15-13-26-14-16-28(21-31(26)20-27)35-18-24(2)37(33-9-4-3-8-32(33)35)29-7-5-6-25(19-29)11-17-36(39)40/h3-22H,1-2H3,(H,39,40)(H,41,42)/b17-11+. The molecule has 0 saturated carbocycles. The lowest BCUT2D eigenvalue weighted by Gasteiger charge is -2.16. The van der Waals surface area contributed by atoms with E-state index in [1.807, 2.05) is 49.4 Å². The number of carboxylic acid groups (broad SMARTS) is 2. The first kappa shape index (κ1) is 26.7. The van der Waals surface area contributed by atoms with E-state index in [4.69, 9.17) is 5.11 Å². The van der Waals surface area contributed by atoms with Gasteiger partial charge in [-0.1, -0.05) is 78.9 Å². The third-order valence-corrected chi connectivity index (χ3v) is 7.78. The Labute approximate surface area is 243 Å². The van der Waals surface area contributed by atoms with Crippen LogP contribution in [0.3, 0.4) is 0 Å². The number of fused-ring (bicyclic) bond motifs is 2. The fraction of sp³-hybridized carbons (Fsp3) is 0.0526. The van der Waals surface area contributed by atoms with Gasteiger partial charge in [0, 0.05) is 6.08 Å². The molecule has 2 N–H and O–H groups in total. The fourth-order valence-electron chi connectivity index (χ4n) is 5.75. The van der Waals surface area contributed by atoms with E-state index in [1.54, 1.807) is 18.2 Å². The average molecular weight is 549 g/mol. The third-order valence-electron chi connectivity index (χ3n) is 7.78. The Morgan fingerprint density at radius 1 is 0.595 bits per heavy atom. The normalized spacial score (nSPS) is 11.4. The van der Waals surface area contributed by atoms with Crippen LogP contribution in [0.25, 0.3) is 61.0 Å². The smallest absolute Gasteiger partial charge is 0.335 e. The van der Waals surface area contributed by atoms with Crippen molar-refractivity contribution in [3.63, 3.8) is 0 Å². The van der Waals surface area contributed by atoms with Gasteiger partial charge in [-0.15, -0.1) is 0 Å². The summed E-state index contributed by atoms with van der Waals surface area (Å²) in [7, 11) is 0. The van der Waals surface area contributed by atoms with E-state index < -0.39 is 11.9 Å². The van der Waals surface area contributed by atoms with Gasteiger partial charge < -0.3 is 10.2 Å². The molecule has 6 aromatic carbocycles. The largest absolute Gasteiger partial charge is 0.478 e. The summed E-state index contributed by atoms with van der Waals surface area (Å²) < 4.78 is 0. The van der Waals surface area contributed by atoms with Crippen LogP contribution >= 0.6 is 0 Å². The molecule has 0 fully saturated rings. The number of hydrogen-bond donors (Lipinski definition) is 2. The Morgan fingerprint density at radius 3 is 2.02 bits per heavy atom. The molecule has 0 aliphatic rings. The second-order valence-corrected chi connectivity index (χ2v) is 10.6. The molecule has 0 bridgehead atoms. The average Bonchev–Trinajstić information content (AvgIpc) is 2.99. The fourth-order valence-corrected chi connectivity index (χ4v) is 5.75. The van der Waals surface area contributed by atoms with Crippen molar-refractivity contribution in [3.8, 4) is 33.4 Å². The van der Waals surface area contributed by atoms with Crippen molar-refractivity contribution in [1.29, 1.82) is 0 Å². The maximum Gasteiger partial charge on any atom is 0.335 e. The first-order valence-corrected chi connectivity index (χ1v) is 13.7. The number of aryl methyl sites for hydroxylation is 2. The van der Waals surface area contributed by atoms with Gasteiger partial charge in [0.2, 0.25) is 0 Å². The molecule has 0 atom stereocenters. The second-order valence-electron chi connectivity index (χ2n) is 10.6. The van der Waals surface area contributed by atoms with Crippen molar-refractivity contribution >= 4 is 39.6 Å². The van der Waals surface area contributed by atoms with Crippen LogP contribution in [0.1, 0.15) is 27.0 Å². The minimum absolute atomic E-state index is 0.273. The summed E-state index contributed by atoms with van der Waals surface area (Å²) in [5.74, 6) is -1.91. The number of aliphatic carboxylic acids is 1. The molecule has 0 aliphatic heterocycles. The van der Waals surface area contributed by atoms with Crippen molar-refractivity contribution in [2.75, 3.05) is 0 Å². The van der Waals surface area contributed by atoms with Crippen LogP contribution in [-0.4, -0.2) is 22.2 Å². The molecule has 4 heteroatoms. The zero-order valence-electron chi connectivity index (χ0n) is 23.3. The zero-order chi connectivity index (χ0) is 29.4. The molecule has 4 nitrogen and oxygen atoms in total. The topological polar surface area (TPSA) is 74.6 Å². The summed E-state index contributed by atoms with van der Waals surface area (Å²) >= 11 is 0. The maximum atomic E-state index is 11.6. The summed E-state index contributed by atoms with van der Waals surface area (Å²) in [5, 5.41) is 23.0. The van der Waals surface area contributed by atoms with E-state index in [0.717, 1.165) is 77.7 Å². The lowest BCUT2D eigenvalue weighted by molar-refractivity contribution is -0.131. The Balaban J connectivity index is 1.49. The molecule has 204 valence electrons. The zero-order valence-corrected chi connectivity index (χ0v) is 23.3. The maximum absolute atomic E-state index is 11.6. The van der Waals surface area contributed by atoms with Crippen molar-refractivity contribution < 1.29 is 19.8 Å². The van der Waals surface area contributed by atoms with Gasteiger partial charge in [-0.05, 0) is 122 Å². The van der Waals surface area contributed by atoms with Crippen molar-refractivity contribution in [2.45, 2.75) is 13.8 Å². The van der Waals surface area contributed by atoms with Crippen LogP contribution in [0.15, 0.2) is 115 Å². The van der Waals surface area contributed by atoms with Crippen LogP contribution in [0.4, 0.5) is 0 Å². The Hall–Kier alpha value is -5.48. The molecule has 42 heavy (non-hydrogen) atoms. The Kier molecular flexibility index (Phi) is 6.89. The molecule has 0 saturated heterocycles. The van der Waals surface area contributed by atoms with E-state index in [9.17, 15) is 14.7 Å². The molecule has 0 unspecified atom stereocenters. The highest BCUT2D eigenvalue weighted by molar-refractivity contribution is 6.07. The molecular formula is C38H28O4. The van der Waals surface area contributed by atoms with Gasteiger partial charge in [-0.25, -0.2) is 9.59 Å². The van der Waals surface area contributed by atoms with Gasteiger partial charge in [0.15, 0.2) is 0 Å². The minimum atomic E-state index is -0.974. The van der Waals surface area contributed by atoms with E-state index >= 15 is 0 Å². The van der Waals surface area contributed by atoms with Gasteiger partial charge in [0.05, 0.1) is 5.56 Å². The summed E-state index contributed by atoms with van der Waals surface area (Å²) in [4.78, 5) is 22.7. The number of benzene rings is 6. The molecule has 0 spiro atoms. The molecule has 0 radical (unpaired) electrons. The monoisotopic (exact) mass is 548 g/mol. The van der Waals surface area contributed by atoms with Crippen LogP contribution < -0.4 is 0 Å². The molecule has 0 aliphatic carbocycles. The summed E-state index contributed by atoms with van der Waals surface area (Å²) in [5.41, 5.74) is 9.52. The van der Waals surface area contributed by atoms with Gasteiger partial charge in [0.1, 0.15) is 0 Å². The predicted molar refractivity (Wildman–Crippen MR) is 171 cm³/mol. The van der Waals surface area contributed by atoms with Crippen molar-refractivity contribution in [1.82, 2.24) is 0 Å². The summed E-state index contributed by atoms with van der Waals surface area (Å²) in [6.45, 7) is 4.11. The minimum Gasteiger partial charge on any atom is -0.478 e. The molecule has 6 aromatic rings. The molecular weight excluding hydrogens is 520 g/mol. The third kappa shape index (κ3) is 5.06.